The number of carbonyl (C=O) groups is 1. The Kier molecular flexibility index (Phi) is 5.43. The Hall–Kier alpha value is -1.98. The minimum Gasteiger partial charge on any atom is -0.337 e. The number of fused-ring (bicyclic) bond motifs is 1. The fourth-order valence-electron chi connectivity index (χ4n) is 2.59. The molecule has 2 aromatic carbocycles. The van der Waals surface area contributed by atoms with E-state index < -0.39 is 10.8 Å². The van der Waals surface area contributed by atoms with Gasteiger partial charge in [0.1, 0.15) is 0 Å². The van der Waals surface area contributed by atoms with E-state index in [0.29, 0.717) is 12.3 Å². The second kappa shape index (κ2) is 7.73. The lowest BCUT2D eigenvalue weighted by molar-refractivity contribution is -0.119. The van der Waals surface area contributed by atoms with Crippen LogP contribution in [-0.4, -0.2) is 27.8 Å². The summed E-state index contributed by atoms with van der Waals surface area (Å²) in [5, 5.41) is 1.20. The van der Waals surface area contributed by atoms with Gasteiger partial charge < -0.3 is 4.90 Å². The van der Waals surface area contributed by atoms with Crippen molar-refractivity contribution in [2.75, 3.05) is 12.3 Å². The van der Waals surface area contributed by atoms with Crippen LogP contribution in [0, 0.1) is 0 Å². The normalized spacial score (nSPS) is 13.5. The van der Waals surface area contributed by atoms with Crippen molar-refractivity contribution in [1.29, 1.82) is 0 Å². The van der Waals surface area contributed by atoms with Gasteiger partial charge in [-0.1, -0.05) is 36.4 Å². The molecule has 2 atom stereocenters. The molecule has 1 aromatic heterocycles. The second-order valence-corrected chi connectivity index (χ2v) is 8.25. The van der Waals surface area contributed by atoms with E-state index in [-0.39, 0.29) is 6.04 Å². The highest BCUT2D eigenvalue weighted by molar-refractivity contribution is 7.85. The number of nitrogens with zero attached hydrogens (tertiary/aromatic N) is 1. The predicted octanol–water partition coefficient (Wildman–Crippen LogP) is 4.23. The van der Waals surface area contributed by atoms with E-state index in [9.17, 15) is 9.00 Å². The zero-order valence-corrected chi connectivity index (χ0v) is 15.1. The van der Waals surface area contributed by atoms with Crippen LogP contribution in [0.2, 0.25) is 0 Å². The average molecular weight is 358 g/mol. The van der Waals surface area contributed by atoms with Crippen LogP contribution in [0.1, 0.15) is 17.8 Å². The van der Waals surface area contributed by atoms with E-state index in [1.807, 2.05) is 49.4 Å². The summed E-state index contributed by atoms with van der Waals surface area (Å²) in [5.74, 6) is 0.442. The maximum absolute atomic E-state index is 12.3. The number of thiophene rings is 1. The summed E-state index contributed by atoms with van der Waals surface area (Å²) in [4.78, 5) is 15.2. The second-order valence-electron chi connectivity index (χ2n) is 5.57. The highest BCUT2D eigenvalue weighted by Crippen LogP contribution is 2.32. The quantitative estimate of drug-likeness (QED) is 0.594. The Balaban J connectivity index is 1.69. The monoisotopic (exact) mass is 357 g/mol. The van der Waals surface area contributed by atoms with Crippen LogP contribution in [0.5, 0.6) is 0 Å². The average Bonchev–Trinajstić information content (AvgIpc) is 3.06. The summed E-state index contributed by atoms with van der Waals surface area (Å²) in [6, 6.07) is 19.7. The minimum absolute atomic E-state index is 0.0207. The highest BCUT2D eigenvalue weighted by Gasteiger charge is 2.17. The summed E-state index contributed by atoms with van der Waals surface area (Å²) in [5.41, 5.74) is 0. The van der Waals surface area contributed by atoms with Gasteiger partial charge in [0, 0.05) is 26.8 Å². The molecule has 2 unspecified atom stereocenters. The molecule has 0 bridgehead atoms. The molecule has 0 N–H and O–H groups in total. The molecule has 124 valence electrons. The lowest BCUT2D eigenvalue weighted by atomic mass is 10.2. The number of benzene rings is 2. The number of carbonyl (C=O) groups excluding carboxylic acids is 1. The van der Waals surface area contributed by atoms with Crippen molar-refractivity contribution in [2.45, 2.75) is 17.9 Å². The van der Waals surface area contributed by atoms with Crippen molar-refractivity contribution in [3.63, 3.8) is 0 Å². The fourth-order valence-corrected chi connectivity index (χ4v) is 4.80. The van der Waals surface area contributed by atoms with Gasteiger partial charge in [-0.2, -0.15) is 0 Å². The van der Waals surface area contributed by atoms with E-state index in [1.54, 1.807) is 16.2 Å². The first kappa shape index (κ1) is 16.9. The number of amides is 1. The molecule has 24 heavy (non-hydrogen) atoms. The summed E-state index contributed by atoms with van der Waals surface area (Å²) in [7, 11) is -1.09. The summed E-state index contributed by atoms with van der Waals surface area (Å²) < 4.78 is 13.6. The van der Waals surface area contributed by atoms with Crippen molar-refractivity contribution in [2.24, 2.45) is 0 Å². The van der Waals surface area contributed by atoms with Crippen LogP contribution in [0.15, 0.2) is 65.6 Å². The van der Waals surface area contributed by atoms with Gasteiger partial charge in [-0.05, 0) is 36.6 Å². The van der Waals surface area contributed by atoms with Gasteiger partial charge >= 0.3 is 0 Å². The molecule has 0 aliphatic rings. The molecule has 1 heterocycles. The molecule has 1 amide bonds. The SMILES string of the molecule is CC(c1cc2ccccc2s1)N(C=O)CCS(=O)c1ccccc1. The zero-order valence-electron chi connectivity index (χ0n) is 13.4. The molecular weight excluding hydrogens is 338 g/mol. The van der Waals surface area contributed by atoms with Crippen LogP contribution < -0.4 is 0 Å². The molecule has 0 radical (unpaired) electrons. The smallest absolute Gasteiger partial charge is 0.210 e. The Morgan fingerprint density at radius 1 is 1.12 bits per heavy atom. The third kappa shape index (κ3) is 3.74. The van der Waals surface area contributed by atoms with Crippen LogP contribution in [0.25, 0.3) is 10.1 Å². The number of hydrogen-bond acceptors (Lipinski definition) is 3. The Morgan fingerprint density at radius 2 is 1.83 bits per heavy atom. The molecular formula is C19H19NO2S2. The van der Waals surface area contributed by atoms with Crippen molar-refractivity contribution in [3.8, 4) is 0 Å². The molecule has 3 rings (SSSR count). The predicted molar refractivity (Wildman–Crippen MR) is 101 cm³/mol. The van der Waals surface area contributed by atoms with E-state index in [2.05, 4.69) is 18.2 Å². The fraction of sp³-hybridized carbons (Fsp3) is 0.211. The number of hydrogen-bond donors (Lipinski definition) is 0. The van der Waals surface area contributed by atoms with Crippen molar-refractivity contribution < 1.29 is 9.00 Å². The highest BCUT2D eigenvalue weighted by atomic mass is 32.2. The lowest BCUT2D eigenvalue weighted by Gasteiger charge is -2.24. The Labute approximate surface area is 148 Å². The molecule has 0 spiro atoms. The van der Waals surface area contributed by atoms with E-state index in [1.165, 1.54) is 10.1 Å². The van der Waals surface area contributed by atoms with Crippen LogP contribution >= 0.6 is 11.3 Å². The van der Waals surface area contributed by atoms with Gasteiger partial charge in [0.25, 0.3) is 0 Å². The molecule has 0 fully saturated rings. The Bertz CT molecular complexity index is 812. The molecule has 5 heteroatoms. The summed E-state index contributed by atoms with van der Waals surface area (Å²) >= 11 is 1.70. The van der Waals surface area contributed by atoms with Crippen molar-refractivity contribution >= 4 is 38.6 Å². The first-order valence-corrected chi connectivity index (χ1v) is 9.95. The molecule has 0 saturated carbocycles. The van der Waals surface area contributed by atoms with E-state index in [0.717, 1.165) is 16.2 Å². The van der Waals surface area contributed by atoms with Crippen LogP contribution in [0.3, 0.4) is 0 Å². The van der Waals surface area contributed by atoms with Gasteiger partial charge in [-0.3, -0.25) is 9.00 Å². The van der Waals surface area contributed by atoms with Crippen LogP contribution in [0.4, 0.5) is 0 Å². The van der Waals surface area contributed by atoms with Crippen molar-refractivity contribution in [3.05, 3.63) is 65.5 Å². The topological polar surface area (TPSA) is 37.4 Å². The molecule has 0 aliphatic carbocycles. The Morgan fingerprint density at radius 3 is 2.54 bits per heavy atom. The maximum atomic E-state index is 12.3. The van der Waals surface area contributed by atoms with Crippen LogP contribution in [-0.2, 0) is 15.6 Å². The van der Waals surface area contributed by atoms with Crippen molar-refractivity contribution in [1.82, 2.24) is 4.90 Å². The maximum Gasteiger partial charge on any atom is 0.210 e. The zero-order chi connectivity index (χ0) is 16.9. The van der Waals surface area contributed by atoms with Gasteiger partial charge in [-0.15, -0.1) is 11.3 Å². The molecule has 0 saturated heterocycles. The minimum atomic E-state index is -1.09. The first-order chi connectivity index (χ1) is 11.7. The summed E-state index contributed by atoms with van der Waals surface area (Å²) in [6.45, 7) is 2.49. The third-order valence-electron chi connectivity index (χ3n) is 4.03. The first-order valence-electron chi connectivity index (χ1n) is 7.82. The van der Waals surface area contributed by atoms with E-state index in [4.69, 9.17) is 0 Å². The lowest BCUT2D eigenvalue weighted by Crippen LogP contribution is -2.29. The largest absolute Gasteiger partial charge is 0.337 e. The number of rotatable bonds is 7. The van der Waals surface area contributed by atoms with Gasteiger partial charge in [0.2, 0.25) is 6.41 Å². The van der Waals surface area contributed by atoms with Gasteiger partial charge in [0.05, 0.1) is 16.8 Å². The standard InChI is InChI=1S/C19H19NO2S2/c1-15(19-13-16-7-5-6-10-18(16)23-19)20(14-21)11-12-24(22)17-8-3-2-4-9-17/h2-10,13-15H,11-12H2,1H3. The van der Waals surface area contributed by atoms with Gasteiger partial charge in [0.15, 0.2) is 0 Å². The van der Waals surface area contributed by atoms with E-state index >= 15 is 0 Å². The van der Waals surface area contributed by atoms with Gasteiger partial charge in [-0.25, -0.2) is 0 Å². The molecule has 3 nitrogen and oxygen atoms in total. The third-order valence-corrected chi connectivity index (χ3v) is 6.67. The molecule has 0 aliphatic heterocycles. The summed E-state index contributed by atoms with van der Waals surface area (Å²) in [6.07, 6.45) is 0.858. The molecule has 3 aromatic rings.